The average molecular weight is 813 g/mol. The molecule has 0 heterocycles. The predicted octanol–water partition coefficient (Wildman–Crippen LogP) is 12.7. The molecular weight excluding hydrogens is 777 g/mol. The fourth-order valence-electron chi connectivity index (χ4n) is 8.40. The minimum atomic E-state index is -4.39. The van der Waals surface area contributed by atoms with Crippen LogP contribution in [0.15, 0.2) is 97.1 Å². The van der Waals surface area contributed by atoms with E-state index in [0.717, 1.165) is 69.7 Å². The molecule has 0 saturated carbocycles. The van der Waals surface area contributed by atoms with E-state index in [1.165, 1.54) is 11.1 Å². The molecule has 2 aliphatic rings. The first kappa shape index (κ1) is 32.9. The van der Waals surface area contributed by atoms with Gasteiger partial charge < -0.3 is 0 Å². The third-order valence-electron chi connectivity index (χ3n) is 10.8. The van der Waals surface area contributed by atoms with Crippen molar-refractivity contribution in [2.45, 2.75) is 55.0 Å². The van der Waals surface area contributed by atoms with Crippen molar-refractivity contribution >= 4 is 17.6 Å². The van der Waals surface area contributed by atoms with Gasteiger partial charge >= 0.3 is 269 Å². The molecule has 0 aliphatic heterocycles. The molecule has 2 atom stereocenters. The van der Waals surface area contributed by atoms with Crippen molar-refractivity contribution in [3.8, 4) is 22.3 Å². The molecule has 4 aromatic rings. The van der Waals surface area contributed by atoms with Crippen LogP contribution in [0.4, 0.5) is 26.3 Å². The number of rotatable bonds is 6. The second-order valence-corrected chi connectivity index (χ2v) is 59.7. The van der Waals surface area contributed by atoms with Crippen molar-refractivity contribution in [2.24, 2.45) is 0 Å². The fraction of sp³-hybridized carbons (Fsp3) is 0.263. The van der Waals surface area contributed by atoms with Gasteiger partial charge in [-0.1, -0.05) is 0 Å². The molecule has 8 heteroatoms. The fourth-order valence-corrected chi connectivity index (χ4v) is 64.7. The molecule has 0 radical (unpaired) electrons. The second kappa shape index (κ2) is 11.6. The average Bonchev–Trinajstić information content (AvgIpc) is 3.67. The van der Waals surface area contributed by atoms with E-state index in [4.69, 9.17) is 0 Å². The number of benzene rings is 4. The first-order valence-corrected chi connectivity index (χ1v) is 34.3. The molecule has 0 fully saturated rings. The van der Waals surface area contributed by atoms with Crippen LogP contribution in [0.25, 0.3) is 34.4 Å². The molecule has 46 heavy (non-hydrogen) atoms. The summed E-state index contributed by atoms with van der Waals surface area (Å²) in [5.41, 5.74) is 5.98. The normalized spacial score (nSPS) is 17.7. The Morgan fingerprint density at radius 2 is 0.935 bits per heavy atom. The summed E-state index contributed by atoms with van der Waals surface area (Å²) in [6, 6.07) is 25.6. The summed E-state index contributed by atoms with van der Waals surface area (Å²) < 4.78 is 85.5. The summed E-state index contributed by atoms with van der Waals surface area (Å²) in [6.45, 7) is 4.63. The molecule has 4 aromatic carbocycles. The maximum atomic E-state index is 13.3. The predicted molar refractivity (Wildman–Crippen MR) is 176 cm³/mol. The van der Waals surface area contributed by atoms with Crippen LogP contribution in [0.1, 0.15) is 54.6 Å². The molecule has 238 valence electrons. The Morgan fingerprint density at radius 3 is 1.26 bits per heavy atom. The van der Waals surface area contributed by atoms with Crippen LogP contribution in [0.3, 0.4) is 0 Å². The van der Waals surface area contributed by atoms with Gasteiger partial charge in [-0.2, -0.15) is 0 Å². The summed E-state index contributed by atoms with van der Waals surface area (Å²) in [6.07, 6.45) is 0.385. The van der Waals surface area contributed by atoms with E-state index in [1.807, 2.05) is 24.3 Å². The van der Waals surface area contributed by atoms with Gasteiger partial charge in [-0.25, -0.2) is 0 Å². The van der Waals surface area contributed by atoms with Gasteiger partial charge in [0, 0.05) is 0 Å². The summed E-state index contributed by atoms with van der Waals surface area (Å²) in [5, 5.41) is 0. The van der Waals surface area contributed by atoms with Crippen LogP contribution in [-0.2, 0) is 29.5 Å². The van der Waals surface area contributed by atoms with E-state index in [2.05, 4.69) is 59.6 Å². The van der Waals surface area contributed by atoms with E-state index in [0.29, 0.717) is 0 Å². The number of fused-ring (bicyclic) bond motifs is 2. The van der Waals surface area contributed by atoms with Gasteiger partial charge in [0.2, 0.25) is 0 Å². The molecule has 2 aliphatic carbocycles. The third-order valence-corrected chi connectivity index (χ3v) is 68.9. The summed E-state index contributed by atoms with van der Waals surface area (Å²) >= 11 is -4.12. The number of hydrogen-bond donors (Lipinski definition) is 0. The molecule has 0 nitrogen and oxygen atoms in total. The number of halogens is 6. The molecule has 2 unspecified atom stereocenters. The standard InChI is InChI=1S/2C16H10F3.C4H10Si.2CH3.Hf/c2*17-16(18,19)13-9-7-12(8-10-13)15-6-2-4-11-3-1-5-14(11)15;1-3-5-4-2;;;/h2*1-10H;3-4H2,1-2H3;2*1H3;. The quantitative estimate of drug-likeness (QED) is 0.134. The minimum absolute atomic E-state index is 0.255. The zero-order valence-electron chi connectivity index (χ0n) is 26.2. The Kier molecular flexibility index (Phi) is 8.32. The molecule has 0 bridgehead atoms. The Balaban J connectivity index is 1.48. The number of alkyl halides is 6. The van der Waals surface area contributed by atoms with E-state index in [9.17, 15) is 26.3 Å². The summed E-state index contributed by atoms with van der Waals surface area (Å²) in [7, 11) is 0. The molecule has 0 saturated heterocycles. The van der Waals surface area contributed by atoms with E-state index in [1.54, 1.807) is 24.3 Å². The SMILES string of the molecule is CC[Si](CC)=[Hf]([CH3])([CH3])([CH]1C=Cc2c(-c3ccc(C(F)(F)F)cc3)cccc21)[CH]1C=Cc2c(-c3ccc(C(F)(F)F)cc3)cccc21. The zero-order valence-corrected chi connectivity index (χ0v) is 30.8. The van der Waals surface area contributed by atoms with Crippen LogP contribution in [0.5, 0.6) is 0 Å². The first-order chi connectivity index (χ1) is 21.7. The van der Waals surface area contributed by atoms with Gasteiger partial charge in [0.15, 0.2) is 0 Å². The van der Waals surface area contributed by atoms with Crippen molar-refractivity contribution < 1.29 is 43.5 Å². The van der Waals surface area contributed by atoms with Crippen LogP contribution < -0.4 is 0 Å². The molecule has 0 aromatic heterocycles. The van der Waals surface area contributed by atoms with Crippen molar-refractivity contribution in [1.29, 1.82) is 0 Å². The molecule has 0 N–H and O–H groups in total. The number of hydrogen-bond acceptors (Lipinski definition) is 0. The second-order valence-electron chi connectivity index (χ2n) is 13.4. The Bertz CT molecular complexity index is 1800. The van der Waals surface area contributed by atoms with Gasteiger partial charge in [-0.15, -0.1) is 0 Å². The van der Waals surface area contributed by atoms with Gasteiger partial charge in [0.25, 0.3) is 0 Å². The Hall–Kier alpha value is -2.97. The van der Waals surface area contributed by atoms with Crippen molar-refractivity contribution in [3.05, 3.63) is 130 Å². The number of allylic oxidation sites excluding steroid dienone is 2. The van der Waals surface area contributed by atoms with Gasteiger partial charge in [0.05, 0.1) is 0 Å². The maximum absolute atomic E-state index is 13.3. The first-order valence-electron chi connectivity index (χ1n) is 15.7. The van der Waals surface area contributed by atoms with Crippen LogP contribution in [0.2, 0.25) is 21.4 Å². The van der Waals surface area contributed by atoms with Crippen molar-refractivity contribution in [1.82, 2.24) is 0 Å². The van der Waals surface area contributed by atoms with Gasteiger partial charge in [-0.05, 0) is 0 Å². The van der Waals surface area contributed by atoms with Crippen LogP contribution in [0, 0.1) is 0 Å². The Morgan fingerprint density at radius 1 is 0.565 bits per heavy atom. The van der Waals surface area contributed by atoms with Crippen molar-refractivity contribution in [3.63, 3.8) is 0 Å². The molecule has 6 rings (SSSR count). The Labute approximate surface area is 267 Å². The van der Waals surface area contributed by atoms with Crippen LogP contribution in [-0.4, -0.2) is 5.49 Å². The molecule has 0 amide bonds. The monoisotopic (exact) mass is 814 g/mol. The molecule has 0 spiro atoms. The van der Waals surface area contributed by atoms with E-state index < -0.39 is 46.1 Å². The van der Waals surface area contributed by atoms with Crippen molar-refractivity contribution in [2.75, 3.05) is 0 Å². The summed E-state index contributed by atoms with van der Waals surface area (Å²) in [5.74, 6) is 0. The van der Waals surface area contributed by atoms with E-state index in [-0.39, 0.29) is 7.35 Å². The summed E-state index contributed by atoms with van der Waals surface area (Å²) in [4.78, 5) is 0. The third kappa shape index (κ3) is 5.33. The van der Waals surface area contributed by atoms with Crippen LogP contribution >= 0.6 is 0 Å². The van der Waals surface area contributed by atoms with E-state index >= 15 is 0 Å². The van der Waals surface area contributed by atoms with Gasteiger partial charge in [0.1, 0.15) is 0 Å². The zero-order chi connectivity index (χ0) is 33.1. The van der Waals surface area contributed by atoms with Gasteiger partial charge in [-0.3, -0.25) is 0 Å². The molecular formula is C38H36F6HfSi. The topological polar surface area (TPSA) is 0 Å².